The summed E-state index contributed by atoms with van der Waals surface area (Å²) in [6, 6.07) is 0. The first-order chi connectivity index (χ1) is 6.67. The molecule has 0 N–H and O–H groups in total. The van der Waals surface area contributed by atoms with E-state index in [0.717, 1.165) is 0 Å². The van der Waals surface area contributed by atoms with Crippen molar-refractivity contribution in [2.24, 2.45) is 0 Å². The predicted molar refractivity (Wildman–Crippen MR) is 52.0 cm³/mol. The molecule has 0 aliphatic rings. The van der Waals surface area contributed by atoms with Crippen molar-refractivity contribution in [2.75, 3.05) is 20.1 Å². The lowest BCUT2D eigenvalue weighted by Gasteiger charge is -2.01. The number of hydrogen-bond donors (Lipinski definition) is 0. The van der Waals surface area contributed by atoms with Crippen LogP contribution in [0.2, 0.25) is 0 Å². The van der Waals surface area contributed by atoms with Gasteiger partial charge in [0.15, 0.2) is 0 Å². The van der Waals surface area contributed by atoms with Gasteiger partial charge in [-0.25, -0.2) is 9.59 Å². The highest BCUT2D eigenvalue weighted by Gasteiger charge is 2.18. The molecule has 0 bridgehead atoms. The summed E-state index contributed by atoms with van der Waals surface area (Å²) in [4.78, 5) is 22.1. The summed E-state index contributed by atoms with van der Waals surface area (Å²) in [5.74, 6) is -1.18. The van der Waals surface area contributed by atoms with Crippen LogP contribution in [0.5, 0.6) is 0 Å². The fourth-order valence-electron chi connectivity index (χ4n) is 0.655. The summed E-state index contributed by atoms with van der Waals surface area (Å²) < 4.78 is 8.78. The van der Waals surface area contributed by atoms with E-state index in [1.165, 1.54) is 26.4 Å². The highest BCUT2D eigenvalue weighted by molar-refractivity contribution is 6.19. The Labute approximate surface area is 87.1 Å². The molecule has 0 aliphatic heterocycles. The minimum atomic E-state index is -0.740. The molecule has 0 heterocycles. The molecule has 0 spiro atoms. The molecule has 0 aromatic rings. The Morgan fingerprint density at radius 2 is 1.71 bits per heavy atom. The van der Waals surface area contributed by atoms with Gasteiger partial charge in [-0.15, -0.1) is 11.6 Å². The lowest BCUT2D eigenvalue weighted by atomic mass is 10.2. The number of halogens is 1. The third-order valence-corrected chi connectivity index (χ3v) is 1.48. The van der Waals surface area contributed by atoms with Gasteiger partial charge < -0.3 is 9.47 Å². The second-order valence-corrected chi connectivity index (χ2v) is 2.45. The first-order valence-electron chi connectivity index (χ1n) is 3.76. The number of allylic oxidation sites excluding steroid dienone is 3. The van der Waals surface area contributed by atoms with Crippen molar-refractivity contribution in [1.82, 2.24) is 0 Å². The van der Waals surface area contributed by atoms with Crippen LogP contribution in [0.15, 0.2) is 23.8 Å². The minimum absolute atomic E-state index is 0.170. The topological polar surface area (TPSA) is 52.6 Å². The second kappa shape index (κ2) is 7.15. The molecule has 0 saturated carbocycles. The summed E-state index contributed by atoms with van der Waals surface area (Å²) in [6.45, 7) is 0. The van der Waals surface area contributed by atoms with Gasteiger partial charge >= 0.3 is 11.9 Å². The summed E-state index contributed by atoms with van der Waals surface area (Å²) in [7, 11) is 2.37. The van der Waals surface area contributed by atoms with Gasteiger partial charge in [0.1, 0.15) is 5.57 Å². The summed E-state index contributed by atoms with van der Waals surface area (Å²) >= 11 is 5.36. The highest BCUT2D eigenvalue weighted by Crippen LogP contribution is 2.01. The standard InChI is InChI=1S/C9H11ClO4/c1-13-8(11)7(9(12)14-2)5-3-4-6-10/h3-5H,6H2,1-2H3. The van der Waals surface area contributed by atoms with Crippen LogP contribution in [0.1, 0.15) is 0 Å². The van der Waals surface area contributed by atoms with Gasteiger partial charge in [-0.1, -0.05) is 12.2 Å². The first kappa shape index (κ1) is 12.7. The molecule has 4 nitrogen and oxygen atoms in total. The molecular formula is C9H11ClO4. The van der Waals surface area contributed by atoms with Crippen molar-refractivity contribution in [3.05, 3.63) is 23.8 Å². The Balaban J connectivity index is 4.71. The number of rotatable bonds is 4. The van der Waals surface area contributed by atoms with E-state index in [4.69, 9.17) is 11.6 Å². The van der Waals surface area contributed by atoms with E-state index in [1.54, 1.807) is 6.08 Å². The van der Waals surface area contributed by atoms with Crippen molar-refractivity contribution < 1.29 is 19.1 Å². The van der Waals surface area contributed by atoms with Crippen molar-refractivity contribution in [1.29, 1.82) is 0 Å². The summed E-state index contributed by atoms with van der Waals surface area (Å²) in [5, 5.41) is 0. The molecule has 0 radical (unpaired) electrons. The fourth-order valence-corrected chi connectivity index (χ4v) is 0.758. The molecule has 0 aliphatic carbocycles. The lowest BCUT2D eigenvalue weighted by molar-refractivity contribution is -0.144. The maximum Gasteiger partial charge on any atom is 0.345 e. The zero-order valence-corrected chi connectivity index (χ0v) is 8.71. The normalized spacial score (nSPS) is 9.64. The zero-order valence-electron chi connectivity index (χ0n) is 7.95. The summed E-state index contributed by atoms with van der Waals surface area (Å²) in [6.07, 6.45) is 4.35. The van der Waals surface area contributed by atoms with Crippen LogP contribution in [0.3, 0.4) is 0 Å². The molecule has 0 rings (SSSR count). The number of hydrogen-bond acceptors (Lipinski definition) is 4. The molecule has 0 fully saturated rings. The molecule has 0 aromatic heterocycles. The molecular weight excluding hydrogens is 208 g/mol. The van der Waals surface area contributed by atoms with E-state index in [2.05, 4.69) is 9.47 Å². The van der Waals surface area contributed by atoms with Crippen LogP contribution in [-0.4, -0.2) is 32.0 Å². The van der Waals surface area contributed by atoms with Gasteiger partial charge in [-0.3, -0.25) is 0 Å². The molecule has 0 saturated heterocycles. The number of esters is 2. The second-order valence-electron chi connectivity index (χ2n) is 2.15. The quantitative estimate of drug-likeness (QED) is 0.177. The number of alkyl halides is 1. The highest BCUT2D eigenvalue weighted by atomic mass is 35.5. The smallest absolute Gasteiger partial charge is 0.345 e. The van der Waals surface area contributed by atoms with Crippen LogP contribution in [-0.2, 0) is 19.1 Å². The van der Waals surface area contributed by atoms with Gasteiger partial charge in [0, 0.05) is 5.88 Å². The number of methoxy groups -OCH3 is 2. The van der Waals surface area contributed by atoms with E-state index in [0.29, 0.717) is 5.88 Å². The Morgan fingerprint density at radius 3 is 2.07 bits per heavy atom. The van der Waals surface area contributed by atoms with E-state index < -0.39 is 11.9 Å². The van der Waals surface area contributed by atoms with Crippen molar-refractivity contribution in [3.8, 4) is 0 Å². The molecule has 78 valence electrons. The Bertz CT molecular complexity index is 250. The van der Waals surface area contributed by atoms with Crippen LogP contribution in [0.4, 0.5) is 0 Å². The molecule has 0 unspecified atom stereocenters. The Morgan fingerprint density at radius 1 is 1.21 bits per heavy atom. The maximum absolute atomic E-state index is 11.0. The molecule has 0 atom stereocenters. The van der Waals surface area contributed by atoms with Gasteiger partial charge in [0.2, 0.25) is 0 Å². The average molecular weight is 219 g/mol. The van der Waals surface area contributed by atoms with Crippen molar-refractivity contribution in [2.45, 2.75) is 0 Å². The average Bonchev–Trinajstić information content (AvgIpc) is 2.22. The van der Waals surface area contributed by atoms with Crippen LogP contribution >= 0.6 is 11.6 Å². The van der Waals surface area contributed by atoms with Crippen LogP contribution in [0.25, 0.3) is 0 Å². The van der Waals surface area contributed by atoms with Crippen molar-refractivity contribution >= 4 is 23.5 Å². The van der Waals surface area contributed by atoms with Gasteiger partial charge in [0.05, 0.1) is 14.2 Å². The lowest BCUT2D eigenvalue weighted by Crippen LogP contribution is -2.15. The van der Waals surface area contributed by atoms with Gasteiger partial charge in [0.25, 0.3) is 0 Å². The zero-order chi connectivity index (χ0) is 11.0. The van der Waals surface area contributed by atoms with Gasteiger partial charge in [-0.2, -0.15) is 0 Å². The Kier molecular flexibility index (Phi) is 6.49. The SMILES string of the molecule is COC(=O)C(=CC=CCCl)C(=O)OC. The largest absolute Gasteiger partial charge is 0.465 e. The van der Waals surface area contributed by atoms with Crippen LogP contribution < -0.4 is 0 Å². The van der Waals surface area contributed by atoms with E-state index >= 15 is 0 Å². The number of ether oxygens (including phenoxy) is 2. The monoisotopic (exact) mass is 218 g/mol. The van der Waals surface area contributed by atoms with E-state index in [1.807, 2.05) is 0 Å². The fraction of sp³-hybridized carbons (Fsp3) is 0.333. The minimum Gasteiger partial charge on any atom is -0.465 e. The maximum atomic E-state index is 11.0. The third kappa shape index (κ3) is 4.09. The number of carbonyl (C=O) groups is 2. The third-order valence-electron chi connectivity index (χ3n) is 1.30. The summed E-state index contributed by atoms with van der Waals surface area (Å²) in [5.41, 5.74) is -0.170. The van der Waals surface area contributed by atoms with E-state index in [9.17, 15) is 9.59 Å². The van der Waals surface area contributed by atoms with Crippen LogP contribution in [0, 0.1) is 0 Å². The first-order valence-corrected chi connectivity index (χ1v) is 4.30. The molecule has 0 aromatic carbocycles. The predicted octanol–water partition coefficient (Wildman–Crippen LogP) is 1.05. The van der Waals surface area contributed by atoms with E-state index in [-0.39, 0.29) is 5.57 Å². The van der Waals surface area contributed by atoms with Crippen molar-refractivity contribution in [3.63, 3.8) is 0 Å². The van der Waals surface area contributed by atoms with Gasteiger partial charge in [-0.05, 0) is 6.08 Å². The molecule has 14 heavy (non-hydrogen) atoms. The molecule has 0 amide bonds. The Hall–Kier alpha value is -1.29. The molecule has 5 heteroatoms. The number of carbonyl (C=O) groups excluding carboxylic acids is 2.